The van der Waals surface area contributed by atoms with E-state index in [1.165, 1.54) is 0 Å². The summed E-state index contributed by atoms with van der Waals surface area (Å²) in [7, 11) is 0. The van der Waals surface area contributed by atoms with E-state index in [4.69, 9.17) is 10.5 Å². The highest BCUT2D eigenvalue weighted by molar-refractivity contribution is 7.10. The van der Waals surface area contributed by atoms with E-state index in [0.717, 1.165) is 21.8 Å². The first-order chi connectivity index (χ1) is 10.3. The maximum Gasteiger partial charge on any atom is 0.120 e. The Bertz CT molecular complexity index is 685. The lowest BCUT2D eigenvalue weighted by Gasteiger charge is -2.12. The number of rotatable bonds is 5. The Morgan fingerprint density at radius 3 is 2.50 bits per heavy atom. The minimum absolute atomic E-state index is 0. The standard InChI is InChI=1S/C18H17NOS.ClH/c19-18(17-10-5-11-21-17)15-8-4-9-16(12-15)20-13-14-6-2-1-3-7-14;/h1-12,18H,13,19H2;1H/t18-;/m1./s1. The molecule has 1 aromatic heterocycles. The van der Waals surface area contributed by atoms with E-state index in [1.807, 2.05) is 53.9 Å². The van der Waals surface area contributed by atoms with Gasteiger partial charge >= 0.3 is 0 Å². The normalized spacial score (nSPS) is 11.5. The van der Waals surface area contributed by atoms with Crippen LogP contribution in [-0.2, 0) is 6.61 Å². The van der Waals surface area contributed by atoms with Gasteiger partial charge in [0.05, 0.1) is 6.04 Å². The molecule has 114 valence electrons. The monoisotopic (exact) mass is 331 g/mol. The zero-order chi connectivity index (χ0) is 14.5. The number of hydrogen-bond donors (Lipinski definition) is 1. The minimum Gasteiger partial charge on any atom is -0.489 e. The molecule has 0 aliphatic carbocycles. The van der Waals surface area contributed by atoms with Crippen molar-refractivity contribution in [1.82, 2.24) is 0 Å². The first-order valence-electron chi connectivity index (χ1n) is 6.88. The molecule has 0 unspecified atom stereocenters. The molecule has 22 heavy (non-hydrogen) atoms. The van der Waals surface area contributed by atoms with Crippen LogP contribution in [0.4, 0.5) is 0 Å². The summed E-state index contributed by atoms with van der Waals surface area (Å²) in [6, 6.07) is 22.2. The summed E-state index contributed by atoms with van der Waals surface area (Å²) in [4.78, 5) is 1.16. The van der Waals surface area contributed by atoms with Gasteiger partial charge in [-0.1, -0.05) is 48.5 Å². The van der Waals surface area contributed by atoms with Gasteiger partial charge in [0.15, 0.2) is 0 Å². The van der Waals surface area contributed by atoms with Crippen LogP contribution in [-0.4, -0.2) is 0 Å². The third-order valence-electron chi connectivity index (χ3n) is 3.32. The van der Waals surface area contributed by atoms with Gasteiger partial charge in [0.1, 0.15) is 12.4 Å². The zero-order valence-corrected chi connectivity index (χ0v) is 13.6. The first kappa shape index (κ1) is 16.6. The van der Waals surface area contributed by atoms with Crippen LogP contribution in [0.2, 0.25) is 0 Å². The highest BCUT2D eigenvalue weighted by atomic mass is 35.5. The summed E-state index contributed by atoms with van der Waals surface area (Å²) in [5.41, 5.74) is 8.52. The summed E-state index contributed by atoms with van der Waals surface area (Å²) in [6.45, 7) is 0.568. The highest BCUT2D eigenvalue weighted by Crippen LogP contribution is 2.26. The molecule has 0 aliphatic heterocycles. The Kier molecular flexibility index (Phi) is 6.01. The van der Waals surface area contributed by atoms with Crippen LogP contribution >= 0.6 is 23.7 Å². The Morgan fingerprint density at radius 1 is 0.955 bits per heavy atom. The predicted molar refractivity (Wildman–Crippen MR) is 94.8 cm³/mol. The molecule has 0 fully saturated rings. The molecule has 3 aromatic rings. The topological polar surface area (TPSA) is 35.2 Å². The van der Waals surface area contributed by atoms with E-state index < -0.39 is 0 Å². The van der Waals surface area contributed by atoms with E-state index in [1.54, 1.807) is 11.3 Å². The third-order valence-corrected chi connectivity index (χ3v) is 4.27. The summed E-state index contributed by atoms with van der Waals surface area (Å²) in [5, 5.41) is 2.05. The highest BCUT2D eigenvalue weighted by Gasteiger charge is 2.10. The van der Waals surface area contributed by atoms with Gasteiger partial charge < -0.3 is 10.5 Å². The van der Waals surface area contributed by atoms with Crippen LogP contribution in [0.5, 0.6) is 5.75 Å². The fraction of sp³-hybridized carbons (Fsp3) is 0.111. The van der Waals surface area contributed by atoms with Crippen molar-refractivity contribution in [1.29, 1.82) is 0 Å². The van der Waals surface area contributed by atoms with Crippen LogP contribution in [0.25, 0.3) is 0 Å². The van der Waals surface area contributed by atoms with Crippen LogP contribution in [0.15, 0.2) is 72.1 Å². The van der Waals surface area contributed by atoms with Gasteiger partial charge in [-0.25, -0.2) is 0 Å². The first-order valence-corrected chi connectivity index (χ1v) is 7.76. The van der Waals surface area contributed by atoms with Gasteiger partial charge in [0.25, 0.3) is 0 Å². The maximum absolute atomic E-state index is 6.29. The maximum atomic E-state index is 6.29. The van der Waals surface area contributed by atoms with Crippen molar-refractivity contribution in [2.75, 3.05) is 0 Å². The molecule has 0 saturated carbocycles. The van der Waals surface area contributed by atoms with Crippen LogP contribution < -0.4 is 10.5 Å². The number of ether oxygens (including phenoxy) is 1. The summed E-state index contributed by atoms with van der Waals surface area (Å²) < 4.78 is 5.85. The molecule has 4 heteroatoms. The molecule has 0 saturated heterocycles. The predicted octanol–water partition coefficient (Wildman–Crippen LogP) is 4.80. The smallest absolute Gasteiger partial charge is 0.120 e. The van der Waals surface area contributed by atoms with E-state index >= 15 is 0 Å². The molecular formula is C18H18ClNOS. The quantitative estimate of drug-likeness (QED) is 0.729. The number of nitrogens with two attached hydrogens (primary N) is 1. The van der Waals surface area contributed by atoms with Crippen molar-refractivity contribution < 1.29 is 4.74 Å². The summed E-state index contributed by atoms with van der Waals surface area (Å²) in [5.74, 6) is 0.850. The van der Waals surface area contributed by atoms with Crippen molar-refractivity contribution in [3.8, 4) is 5.75 Å². The lowest BCUT2D eigenvalue weighted by molar-refractivity contribution is 0.306. The van der Waals surface area contributed by atoms with Gasteiger partial charge in [-0.05, 0) is 34.7 Å². The second-order valence-electron chi connectivity index (χ2n) is 4.84. The largest absolute Gasteiger partial charge is 0.489 e. The molecule has 2 nitrogen and oxygen atoms in total. The van der Waals surface area contributed by atoms with Crippen molar-refractivity contribution in [2.45, 2.75) is 12.6 Å². The average molecular weight is 332 g/mol. The number of halogens is 1. The Hall–Kier alpha value is -1.81. The minimum atomic E-state index is -0.0923. The van der Waals surface area contributed by atoms with E-state index in [-0.39, 0.29) is 18.4 Å². The number of hydrogen-bond acceptors (Lipinski definition) is 3. The fourth-order valence-corrected chi connectivity index (χ4v) is 2.93. The third kappa shape index (κ3) is 4.10. The van der Waals surface area contributed by atoms with E-state index in [9.17, 15) is 0 Å². The Labute approximate surface area is 141 Å². The van der Waals surface area contributed by atoms with Gasteiger partial charge in [-0.2, -0.15) is 0 Å². The van der Waals surface area contributed by atoms with Gasteiger partial charge in [-0.3, -0.25) is 0 Å². The summed E-state index contributed by atoms with van der Waals surface area (Å²) in [6.07, 6.45) is 0. The number of thiophene rings is 1. The molecule has 0 radical (unpaired) electrons. The molecule has 0 spiro atoms. The van der Waals surface area contributed by atoms with E-state index in [2.05, 4.69) is 18.2 Å². The molecule has 2 N–H and O–H groups in total. The van der Waals surface area contributed by atoms with Crippen molar-refractivity contribution in [3.63, 3.8) is 0 Å². The zero-order valence-electron chi connectivity index (χ0n) is 12.0. The molecule has 2 aromatic carbocycles. The molecule has 0 aliphatic rings. The van der Waals surface area contributed by atoms with Gasteiger partial charge in [-0.15, -0.1) is 23.7 Å². The SMILES string of the molecule is Cl.N[C@H](c1cccc(OCc2ccccc2)c1)c1cccs1. The van der Waals surface area contributed by atoms with Gasteiger partial charge in [0, 0.05) is 4.88 Å². The summed E-state index contributed by atoms with van der Waals surface area (Å²) >= 11 is 1.68. The molecule has 0 bridgehead atoms. The van der Waals surface area contributed by atoms with Crippen molar-refractivity contribution >= 4 is 23.7 Å². The average Bonchev–Trinajstić information content (AvgIpc) is 3.08. The molecule has 1 atom stereocenters. The molecule has 3 rings (SSSR count). The molecule has 0 amide bonds. The second-order valence-corrected chi connectivity index (χ2v) is 5.82. The van der Waals surface area contributed by atoms with Gasteiger partial charge in [0.2, 0.25) is 0 Å². The lowest BCUT2D eigenvalue weighted by atomic mass is 10.1. The Morgan fingerprint density at radius 2 is 1.77 bits per heavy atom. The van der Waals surface area contributed by atoms with Crippen LogP contribution in [0.3, 0.4) is 0 Å². The fourth-order valence-electron chi connectivity index (χ4n) is 2.17. The second kappa shape index (κ2) is 7.99. The Balaban J connectivity index is 0.00000176. The molecular weight excluding hydrogens is 314 g/mol. The van der Waals surface area contributed by atoms with Crippen molar-refractivity contribution in [3.05, 3.63) is 88.1 Å². The van der Waals surface area contributed by atoms with Crippen molar-refractivity contribution in [2.24, 2.45) is 5.73 Å². The van der Waals surface area contributed by atoms with Crippen LogP contribution in [0, 0.1) is 0 Å². The molecule has 1 heterocycles. The lowest BCUT2D eigenvalue weighted by Crippen LogP contribution is -2.10. The van der Waals surface area contributed by atoms with Crippen LogP contribution in [0.1, 0.15) is 22.0 Å². The van der Waals surface area contributed by atoms with E-state index in [0.29, 0.717) is 6.61 Å². The number of benzene rings is 2.